The summed E-state index contributed by atoms with van der Waals surface area (Å²) in [5.41, 5.74) is 3.26. The zero-order chi connectivity index (χ0) is 19.1. The van der Waals surface area contributed by atoms with Crippen molar-refractivity contribution in [1.29, 1.82) is 0 Å². The van der Waals surface area contributed by atoms with Crippen LogP contribution in [0.25, 0.3) is 11.0 Å². The molecule has 0 aliphatic rings. The summed E-state index contributed by atoms with van der Waals surface area (Å²) in [6.45, 7) is 4.27. The van der Waals surface area contributed by atoms with Crippen molar-refractivity contribution in [2.75, 3.05) is 11.9 Å². The molecule has 2 heterocycles. The number of carbonyl (C=O) groups is 1. The Bertz CT molecular complexity index is 1020. The molecule has 5 nitrogen and oxygen atoms in total. The van der Waals surface area contributed by atoms with Gasteiger partial charge in [-0.25, -0.2) is 4.98 Å². The summed E-state index contributed by atoms with van der Waals surface area (Å²) >= 11 is 0. The maximum Gasteiger partial charge on any atom is 0.274 e. The van der Waals surface area contributed by atoms with Crippen LogP contribution in [-0.2, 0) is 0 Å². The number of unbranched alkanes of at least 4 members (excludes halogenated alkanes) is 1. The van der Waals surface area contributed by atoms with Crippen molar-refractivity contribution in [3.8, 4) is 17.6 Å². The van der Waals surface area contributed by atoms with Crippen LogP contribution < -0.4 is 10.1 Å². The van der Waals surface area contributed by atoms with Crippen LogP contribution >= 0.6 is 0 Å². The Kier molecular flexibility index (Phi) is 6.01. The minimum Gasteiger partial charge on any atom is -0.481 e. The van der Waals surface area contributed by atoms with Gasteiger partial charge in [-0.3, -0.25) is 9.78 Å². The molecule has 0 saturated heterocycles. The van der Waals surface area contributed by atoms with E-state index in [-0.39, 0.29) is 5.91 Å². The van der Waals surface area contributed by atoms with Gasteiger partial charge in [-0.2, -0.15) is 0 Å². The third-order valence-electron chi connectivity index (χ3n) is 3.89. The number of fused-ring (bicyclic) bond motifs is 1. The smallest absolute Gasteiger partial charge is 0.274 e. The van der Waals surface area contributed by atoms with Crippen LogP contribution in [0.5, 0.6) is 5.75 Å². The fourth-order valence-corrected chi connectivity index (χ4v) is 2.56. The predicted octanol–water partition coefficient (Wildman–Crippen LogP) is 4.37. The van der Waals surface area contributed by atoms with Gasteiger partial charge in [0.25, 0.3) is 5.91 Å². The highest BCUT2D eigenvalue weighted by molar-refractivity contribution is 6.05. The van der Waals surface area contributed by atoms with E-state index in [0.717, 1.165) is 23.9 Å². The lowest BCUT2D eigenvalue weighted by molar-refractivity contribution is 0.102. The van der Waals surface area contributed by atoms with E-state index < -0.39 is 0 Å². The Morgan fingerprint density at radius 1 is 1.15 bits per heavy atom. The van der Waals surface area contributed by atoms with Gasteiger partial charge in [0.2, 0.25) is 0 Å². The highest BCUT2D eigenvalue weighted by Gasteiger charge is 2.13. The maximum absolute atomic E-state index is 12.7. The fourth-order valence-electron chi connectivity index (χ4n) is 2.56. The first kappa shape index (κ1) is 18.4. The molecule has 1 N–H and O–H groups in total. The van der Waals surface area contributed by atoms with E-state index in [2.05, 4.69) is 34.0 Å². The molecular formula is C22H21N3O2. The van der Waals surface area contributed by atoms with E-state index >= 15 is 0 Å². The van der Waals surface area contributed by atoms with Crippen LogP contribution in [0.15, 0.2) is 48.7 Å². The fraction of sp³-hybridized carbons (Fsp3) is 0.227. The van der Waals surface area contributed by atoms with Gasteiger partial charge in [0.15, 0.2) is 0 Å². The Balaban J connectivity index is 1.72. The topological polar surface area (TPSA) is 64.1 Å². The van der Waals surface area contributed by atoms with Crippen molar-refractivity contribution in [3.63, 3.8) is 0 Å². The second-order valence-corrected chi connectivity index (χ2v) is 6.07. The van der Waals surface area contributed by atoms with Crippen LogP contribution in [0, 0.1) is 18.8 Å². The number of nitrogens with one attached hydrogen (secondary N) is 1. The van der Waals surface area contributed by atoms with E-state index in [1.165, 1.54) is 0 Å². The molecule has 27 heavy (non-hydrogen) atoms. The predicted molar refractivity (Wildman–Crippen MR) is 107 cm³/mol. The van der Waals surface area contributed by atoms with E-state index in [1.54, 1.807) is 18.3 Å². The van der Waals surface area contributed by atoms with E-state index in [0.29, 0.717) is 29.3 Å². The molecule has 136 valence electrons. The number of ether oxygens (including phenoxy) is 1. The van der Waals surface area contributed by atoms with Crippen molar-refractivity contribution in [2.24, 2.45) is 0 Å². The molecule has 2 aromatic heterocycles. The first-order valence-corrected chi connectivity index (χ1v) is 8.89. The van der Waals surface area contributed by atoms with Crippen LogP contribution in [-0.4, -0.2) is 22.5 Å². The number of nitrogens with zero attached hydrogens (tertiary/aromatic N) is 2. The van der Waals surface area contributed by atoms with Crippen molar-refractivity contribution in [3.05, 3.63) is 59.9 Å². The maximum atomic E-state index is 12.7. The average Bonchev–Trinajstić information content (AvgIpc) is 2.67. The third-order valence-corrected chi connectivity index (χ3v) is 3.89. The molecule has 0 radical (unpaired) electrons. The van der Waals surface area contributed by atoms with Gasteiger partial charge in [0.1, 0.15) is 18.1 Å². The van der Waals surface area contributed by atoms with Crippen LogP contribution in [0.3, 0.4) is 0 Å². The lowest BCUT2D eigenvalue weighted by Gasteiger charge is -2.09. The highest BCUT2D eigenvalue weighted by Crippen LogP contribution is 2.19. The monoisotopic (exact) mass is 359 g/mol. The van der Waals surface area contributed by atoms with Crippen molar-refractivity contribution >= 4 is 22.6 Å². The van der Waals surface area contributed by atoms with E-state index in [1.807, 2.05) is 37.3 Å². The molecular weight excluding hydrogens is 338 g/mol. The molecule has 0 bridgehead atoms. The van der Waals surface area contributed by atoms with E-state index in [9.17, 15) is 4.79 Å². The molecule has 0 aliphatic carbocycles. The molecule has 1 amide bonds. The van der Waals surface area contributed by atoms with Crippen molar-refractivity contribution in [1.82, 2.24) is 9.97 Å². The molecule has 3 rings (SSSR count). The standard InChI is InChI=1S/C22H21N3O2/c1-3-4-5-6-13-27-18-10-7-9-17(15-18)24-22(26)21-16(2)14-20-19(25-21)11-8-12-23-20/h7-12,14-15H,3-4,13H2,1-2H3,(H,24,26). The average molecular weight is 359 g/mol. The summed E-state index contributed by atoms with van der Waals surface area (Å²) in [5, 5.41) is 2.88. The Hall–Kier alpha value is -3.39. The van der Waals surface area contributed by atoms with E-state index in [4.69, 9.17) is 4.74 Å². The van der Waals surface area contributed by atoms with Gasteiger partial charge >= 0.3 is 0 Å². The summed E-state index contributed by atoms with van der Waals surface area (Å²) in [6, 6.07) is 12.8. The molecule has 0 fully saturated rings. The van der Waals surface area contributed by atoms with Gasteiger partial charge in [0.05, 0.1) is 11.0 Å². The third kappa shape index (κ3) is 4.83. The molecule has 5 heteroatoms. The minimum absolute atomic E-state index is 0.266. The lowest BCUT2D eigenvalue weighted by atomic mass is 10.1. The Morgan fingerprint density at radius 3 is 2.89 bits per heavy atom. The van der Waals surface area contributed by atoms with Gasteiger partial charge < -0.3 is 10.1 Å². The molecule has 0 atom stereocenters. The van der Waals surface area contributed by atoms with Crippen LogP contribution in [0.4, 0.5) is 5.69 Å². The number of hydrogen-bond donors (Lipinski definition) is 1. The first-order valence-electron chi connectivity index (χ1n) is 8.89. The second kappa shape index (κ2) is 8.81. The number of pyridine rings is 2. The van der Waals surface area contributed by atoms with Gasteiger partial charge in [-0.05, 0) is 49.2 Å². The molecule has 1 aromatic carbocycles. The van der Waals surface area contributed by atoms with Gasteiger partial charge in [0, 0.05) is 24.4 Å². The highest BCUT2D eigenvalue weighted by atomic mass is 16.5. The number of aromatic nitrogens is 2. The van der Waals surface area contributed by atoms with Crippen molar-refractivity contribution < 1.29 is 9.53 Å². The molecule has 0 unspecified atom stereocenters. The quantitative estimate of drug-likeness (QED) is 0.687. The molecule has 3 aromatic rings. The van der Waals surface area contributed by atoms with Gasteiger partial charge in [-0.15, -0.1) is 0 Å². The Morgan fingerprint density at radius 2 is 2.04 bits per heavy atom. The summed E-state index contributed by atoms with van der Waals surface area (Å²) in [5.74, 6) is 6.40. The zero-order valence-corrected chi connectivity index (χ0v) is 15.5. The number of anilines is 1. The first-order chi connectivity index (χ1) is 13.2. The molecule has 0 aliphatic heterocycles. The summed E-state index contributed by atoms with van der Waals surface area (Å²) in [7, 11) is 0. The number of benzene rings is 1. The second-order valence-electron chi connectivity index (χ2n) is 6.07. The molecule has 0 spiro atoms. The normalized spacial score (nSPS) is 10.1. The number of hydrogen-bond acceptors (Lipinski definition) is 4. The number of rotatable bonds is 5. The summed E-state index contributed by atoms with van der Waals surface area (Å²) in [6.07, 6.45) is 3.61. The SMILES string of the molecule is CCCC#CCOc1cccc(NC(=O)c2nc3cccnc3cc2C)c1. The minimum atomic E-state index is -0.266. The van der Waals surface area contributed by atoms with Gasteiger partial charge in [-0.1, -0.05) is 24.8 Å². The lowest BCUT2D eigenvalue weighted by Crippen LogP contribution is -2.15. The largest absolute Gasteiger partial charge is 0.481 e. The summed E-state index contributed by atoms with van der Waals surface area (Å²) < 4.78 is 5.61. The Labute approximate surface area is 158 Å². The summed E-state index contributed by atoms with van der Waals surface area (Å²) in [4.78, 5) is 21.4. The van der Waals surface area contributed by atoms with Crippen molar-refractivity contribution in [2.45, 2.75) is 26.7 Å². The molecule has 0 saturated carbocycles. The van der Waals surface area contributed by atoms with Crippen LogP contribution in [0.2, 0.25) is 0 Å². The number of amides is 1. The number of carbonyl (C=O) groups excluding carboxylic acids is 1. The number of aryl methyl sites for hydroxylation is 1. The van der Waals surface area contributed by atoms with Crippen LogP contribution in [0.1, 0.15) is 35.8 Å². The zero-order valence-electron chi connectivity index (χ0n) is 15.5.